The van der Waals surface area contributed by atoms with E-state index in [-0.39, 0.29) is 36.4 Å². The average Bonchev–Trinajstić information content (AvgIpc) is 3.38. The third-order valence-electron chi connectivity index (χ3n) is 6.76. The molecular formula is C22H30N4O8. The van der Waals surface area contributed by atoms with Gasteiger partial charge in [0.1, 0.15) is 16.9 Å². The van der Waals surface area contributed by atoms with Crippen LogP contribution >= 0.6 is 0 Å². The lowest BCUT2D eigenvalue weighted by Crippen LogP contribution is -2.41. The maximum Gasteiger partial charge on any atom is 0.332 e. The van der Waals surface area contributed by atoms with Crippen molar-refractivity contribution in [3.05, 3.63) is 26.7 Å². The van der Waals surface area contributed by atoms with E-state index >= 15 is 0 Å². The van der Waals surface area contributed by atoms with Crippen LogP contribution < -0.4 is 11.2 Å². The minimum atomic E-state index is -1.63. The Morgan fingerprint density at radius 2 is 1.59 bits per heavy atom. The second-order valence-corrected chi connectivity index (χ2v) is 8.93. The maximum atomic E-state index is 13.0. The number of rotatable bonds is 7. The fourth-order valence-electron chi connectivity index (χ4n) is 5.25. The summed E-state index contributed by atoms with van der Waals surface area (Å²) in [4.78, 5) is 58.4. The molecule has 12 nitrogen and oxygen atoms in total. The van der Waals surface area contributed by atoms with Gasteiger partial charge in [0.25, 0.3) is 5.56 Å². The monoisotopic (exact) mass is 478 g/mol. The Morgan fingerprint density at radius 3 is 2.09 bits per heavy atom. The molecule has 2 aromatic heterocycles. The van der Waals surface area contributed by atoms with Crippen LogP contribution in [0.3, 0.4) is 0 Å². The number of aromatic nitrogens is 4. The first-order valence-corrected chi connectivity index (χ1v) is 11.5. The first-order valence-electron chi connectivity index (χ1n) is 11.5. The highest BCUT2D eigenvalue weighted by atomic mass is 16.6. The van der Waals surface area contributed by atoms with Crippen LogP contribution in [0.2, 0.25) is 0 Å². The molecule has 0 aromatic carbocycles. The molecule has 4 atom stereocenters. The lowest BCUT2D eigenvalue weighted by molar-refractivity contribution is -0.156. The number of hydrogen-bond acceptors (Lipinski definition) is 9. The van der Waals surface area contributed by atoms with Gasteiger partial charge in [0, 0.05) is 25.9 Å². The van der Waals surface area contributed by atoms with Gasteiger partial charge in [-0.05, 0) is 12.8 Å². The number of hydrogen-bond donors (Lipinski definition) is 2. The summed E-state index contributed by atoms with van der Waals surface area (Å²) in [5, 5.41) is 11.6. The molecule has 4 unspecified atom stereocenters. The van der Waals surface area contributed by atoms with Gasteiger partial charge in [-0.1, -0.05) is 13.8 Å². The number of carbonyl (C=O) groups is 2. The number of ether oxygens (including phenoxy) is 3. The smallest absolute Gasteiger partial charge is 0.332 e. The van der Waals surface area contributed by atoms with Crippen molar-refractivity contribution in [1.82, 2.24) is 19.1 Å². The highest BCUT2D eigenvalue weighted by Gasteiger charge is 2.60. The summed E-state index contributed by atoms with van der Waals surface area (Å²) >= 11 is 0. The van der Waals surface area contributed by atoms with E-state index in [1.807, 2.05) is 13.8 Å². The molecule has 4 heterocycles. The Kier molecular flexibility index (Phi) is 6.38. The number of methoxy groups -OCH3 is 2. The molecule has 2 aliphatic rings. The fraction of sp³-hybridized carbons (Fsp3) is 0.682. The van der Waals surface area contributed by atoms with E-state index in [4.69, 9.17) is 14.2 Å². The van der Waals surface area contributed by atoms with Crippen molar-refractivity contribution in [3.8, 4) is 0 Å². The van der Waals surface area contributed by atoms with Crippen molar-refractivity contribution in [3.63, 3.8) is 0 Å². The number of aromatic amines is 1. The Morgan fingerprint density at radius 1 is 1.06 bits per heavy atom. The van der Waals surface area contributed by atoms with Crippen LogP contribution in [0.1, 0.15) is 45.4 Å². The van der Waals surface area contributed by atoms with Gasteiger partial charge >= 0.3 is 17.6 Å². The quantitative estimate of drug-likeness (QED) is 0.525. The van der Waals surface area contributed by atoms with Gasteiger partial charge in [0.2, 0.25) is 0 Å². The van der Waals surface area contributed by atoms with Crippen molar-refractivity contribution in [2.75, 3.05) is 14.2 Å². The standard InChI is InChI=1S/C22H30N4O8/c1-5-7-25-16-15(17(27)26(8-6-2)21(25)30)23-20(24-16)22(31)9-11-13(18(28)32-3)14(19(29)33-4)12(10-22)34-11/h11-14,31H,5-10H2,1-4H3,(H,23,24). The van der Waals surface area contributed by atoms with Crippen LogP contribution in [0, 0.1) is 11.8 Å². The normalized spacial score (nSPS) is 28.3. The molecule has 2 aliphatic heterocycles. The van der Waals surface area contributed by atoms with E-state index in [1.165, 1.54) is 18.8 Å². The van der Waals surface area contributed by atoms with E-state index in [0.717, 1.165) is 4.57 Å². The number of aryl methyl sites for hydroxylation is 1. The van der Waals surface area contributed by atoms with Crippen molar-refractivity contribution in [2.24, 2.45) is 11.8 Å². The minimum Gasteiger partial charge on any atom is -0.469 e. The number of carbonyl (C=O) groups excluding carboxylic acids is 2. The lowest BCUT2D eigenvalue weighted by atomic mass is 9.88. The molecule has 0 aliphatic carbocycles. The zero-order valence-electron chi connectivity index (χ0n) is 19.7. The van der Waals surface area contributed by atoms with E-state index in [0.29, 0.717) is 19.4 Å². The number of fused-ring (bicyclic) bond motifs is 3. The Labute approximate surface area is 194 Å². The molecule has 0 spiro atoms. The molecule has 34 heavy (non-hydrogen) atoms. The molecule has 12 heteroatoms. The van der Waals surface area contributed by atoms with Gasteiger partial charge < -0.3 is 24.3 Å². The van der Waals surface area contributed by atoms with Gasteiger partial charge in [-0.3, -0.25) is 23.5 Å². The highest BCUT2D eigenvalue weighted by Crippen LogP contribution is 2.49. The van der Waals surface area contributed by atoms with Crippen LogP contribution in [-0.4, -0.2) is 62.6 Å². The molecule has 4 rings (SSSR count). The van der Waals surface area contributed by atoms with Gasteiger partial charge in [-0.2, -0.15) is 0 Å². The van der Waals surface area contributed by atoms with Gasteiger partial charge in [-0.25, -0.2) is 9.78 Å². The summed E-state index contributed by atoms with van der Waals surface area (Å²) in [7, 11) is 2.44. The van der Waals surface area contributed by atoms with E-state index in [2.05, 4.69) is 9.97 Å². The molecule has 2 fully saturated rings. The van der Waals surface area contributed by atoms with Crippen LogP contribution in [0.5, 0.6) is 0 Å². The first kappa shape index (κ1) is 24.1. The van der Waals surface area contributed by atoms with Gasteiger partial charge in [0.15, 0.2) is 5.65 Å². The summed E-state index contributed by atoms with van der Waals surface area (Å²) in [6.07, 6.45) is -0.505. The second kappa shape index (κ2) is 8.99. The largest absolute Gasteiger partial charge is 0.469 e. The molecular weight excluding hydrogens is 448 g/mol. The molecule has 0 amide bonds. The van der Waals surface area contributed by atoms with Gasteiger partial charge in [-0.15, -0.1) is 0 Å². The first-order chi connectivity index (χ1) is 16.2. The fourth-order valence-corrected chi connectivity index (χ4v) is 5.25. The van der Waals surface area contributed by atoms with E-state index < -0.39 is 52.8 Å². The molecule has 2 bridgehead atoms. The van der Waals surface area contributed by atoms with Crippen LogP contribution in [0.15, 0.2) is 9.59 Å². The number of H-pyrrole nitrogens is 1. The van der Waals surface area contributed by atoms with Crippen molar-refractivity contribution >= 4 is 23.1 Å². The molecule has 0 saturated carbocycles. The zero-order valence-corrected chi connectivity index (χ0v) is 19.7. The molecule has 186 valence electrons. The number of nitrogens with one attached hydrogen (secondary N) is 1. The maximum absolute atomic E-state index is 13.0. The zero-order chi connectivity index (χ0) is 24.8. The molecule has 2 N–H and O–H groups in total. The summed E-state index contributed by atoms with van der Waals surface area (Å²) in [5.41, 5.74) is -2.30. The Balaban J connectivity index is 1.82. The summed E-state index contributed by atoms with van der Waals surface area (Å²) < 4.78 is 18.3. The summed E-state index contributed by atoms with van der Waals surface area (Å²) in [5.74, 6) is -3.06. The topological polar surface area (TPSA) is 155 Å². The third-order valence-corrected chi connectivity index (χ3v) is 6.76. The van der Waals surface area contributed by atoms with Gasteiger partial charge in [0.05, 0.1) is 38.3 Å². The number of esters is 2. The highest BCUT2D eigenvalue weighted by molar-refractivity contribution is 5.84. The number of imidazole rings is 1. The van der Waals surface area contributed by atoms with Crippen molar-refractivity contribution in [2.45, 2.75) is 70.4 Å². The van der Waals surface area contributed by atoms with Crippen molar-refractivity contribution < 1.29 is 28.9 Å². The average molecular weight is 479 g/mol. The van der Waals surface area contributed by atoms with Crippen molar-refractivity contribution in [1.29, 1.82) is 0 Å². The molecule has 2 aromatic rings. The predicted molar refractivity (Wildman–Crippen MR) is 118 cm³/mol. The lowest BCUT2D eigenvalue weighted by Gasteiger charge is -2.35. The van der Waals surface area contributed by atoms with Crippen LogP contribution in [0.4, 0.5) is 0 Å². The summed E-state index contributed by atoms with van der Waals surface area (Å²) in [6, 6.07) is 0. The molecule has 0 radical (unpaired) electrons. The van der Waals surface area contributed by atoms with Crippen LogP contribution in [0.25, 0.3) is 11.2 Å². The minimum absolute atomic E-state index is 0.0578. The summed E-state index contributed by atoms with van der Waals surface area (Å²) in [6.45, 7) is 4.39. The van der Waals surface area contributed by atoms with Crippen LogP contribution in [-0.2, 0) is 42.5 Å². The SMILES string of the molecule is CCCn1c(=O)c2[nH]c(C3(O)CC4OC(C3)C(C(=O)OC)C4C(=O)OC)nc2n(CCC)c1=O. The third kappa shape index (κ3) is 3.65. The molecule has 2 saturated heterocycles. The Bertz CT molecular complexity index is 1200. The number of nitrogens with zero attached hydrogens (tertiary/aromatic N) is 3. The van der Waals surface area contributed by atoms with E-state index in [9.17, 15) is 24.3 Å². The second-order valence-electron chi connectivity index (χ2n) is 8.93. The van der Waals surface area contributed by atoms with E-state index in [1.54, 1.807) is 0 Å². The Hall–Kier alpha value is -2.99. The predicted octanol–water partition coefficient (Wildman–Crippen LogP) is 0.0335. The number of aliphatic hydroxyl groups is 1.